The lowest BCUT2D eigenvalue weighted by atomic mass is 9.89. The highest BCUT2D eigenvalue weighted by atomic mass is 35.5. The molecule has 0 saturated carbocycles. The molecule has 3 N–H and O–H groups in total. The van der Waals surface area contributed by atoms with Crippen molar-refractivity contribution in [3.8, 4) is 0 Å². The van der Waals surface area contributed by atoms with Crippen molar-refractivity contribution in [1.82, 2.24) is 0 Å². The van der Waals surface area contributed by atoms with E-state index in [1.807, 2.05) is 0 Å². The molecular weight excluding hydrogens is 214 g/mol. The lowest BCUT2D eigenvalue weighted by molar-refractivity contribution is -0.127. The highest BCUT2D eigenvalue weighted by Gasteiger charge is 2.42. The van der Waals surface area contributed by atoms with Crippen LogP contribution in [0.3, 0.4) is 0 Å². The fourth-order valence-corrected chi connectivity index (χ4v) is 1.97. The number of carbonyl (C=O) groups is 1. The van der Waals surface area contributed by atoms with E-state index in [1.165, 1.54) is 12.2 Å². The number of Topliss-reactive ketones (excluding diaryl/α,β-unsaturated/α-hetero) is 1. The molecule has 0 unspecified atom stereocenters. The van der Waals surface area contributed by atoms with Gasteiger partial charge in [0, 0.05) is 10.6 Å². The van der Waals surface area contributed by atoms with Crippen molar-refractivity contribution in [3.63, 3.8) is 0 Å². The second kappa shape index (κ2) is 3.45. The normalized spacial score (nSPS) is 29.8. The van der Waals surface area contributed by atoms with Crippen molar-refractivity contribution in [2.75, 3.05) is 0 Å². The summed E-state index contributed by atoms with van der Waals surface area (Å²) < 4.78 is 0. The molecule has 1 aromatic rings. The Morgan fingerprint density at radius 1 is 1.40 bits per heavy atom. The maximum atomic E-state index is 11.7. The van der Waals surface area contributed by atoms with Crippen LogP contribution in [0.4, 0.5) is 0 Å². The maximum absolute atomic E-state index is 11.7. The lowest BCUT2D eigenvalue weighted by Gasteiger charge is -2.22. The minimum atomic E-state index is -1.29. The first-order chi connectivity index (χ1) is 7.05. The van der Waals surface area contributed by atoms with Crippen LogP contribution in [0.15, 0.2) is 36.4 Å². The van der Waals surface area contributed by atoms with Crippen LogP contribution >= 0.6 is 11.6 Å². The van der Waals surface area contributed by atoms with Gasteiger partial charge in [-0.15, -0.1) is 0 Å². The minimum Gasteiger partial charge on any atom is -0.381 e. The summed E-state index contributed by atoms with van der Waals surface area (Å²) in [6.07, 6.45) is 1.73. The van der Waals surface area contributed by atoms with E-state index < -0.39 is 17.4 Å². The zero-order chi connectivity index (χ0) is 11.1. The quantitative estimate of drug-likeness (QED) is 0.698. The number of hydrogen-bond acceptors (Lipinski definition) is 3. The predicted molar refractivity (Wildman–Crippen MR) is 57.5 cm³/mol. The van der Waals surface area contributed by atoms with Gasteiger partial charge in [-0.25, -0.2) is 0 Å². The SMILES string of the molecule is N[C@]1(c2ccccc2Cl)C=C[C@@H](O)C1=O. The largest absolute Gasteiger partial charge is 0.381 e. The number of nitrogens with two attached hydrogens (primary N) is 1. The van der Waals surface area contributed by atoms with E-state index in [9.17, 15) is 9.90 Å². The fraction of sp³-hybridized carbons (Fsp3) is 0.182. The number of aliphatic hydroxyl groups is 1. The molecule has 2 atom stereocenters. The molecule has 2 rings (SSSR count). The van der Waals surface area contributed by atoms with E-state index in [-0.39, 0.29) is 0 Å². The first kappa shape index (κ1) is 10.4. The third kappa shape index (κ3) is 1.49. The van der Waals surface area contributed by atoms with Crippen molar-refractivity contribution < 1.29 is 9.90 Å². The first-order valence-electron chi connectivity index (χ1n) is 4.51. The average molecular weight is 224 g/mol. The van der Waals surface area contributed by atoms with Crippen molar-refractivity contribution in [2.24, 2.45) is 5.73 Å². The van der Waals surface area contributed by atoms with Gasteiger partial charge in [-0.1, -0.05) is 42.0 Å². The summed E-state index contributed by atoms with van der Waals surface area (Å²) in [7, 11) is 0. The van der Waals surface area contributed by atoms with E-state index in [4.69, 9.17) is 17.3 Å². The molecule has 0 heterocycles. The summed E-state index contributed by atoms with van der Waals surface area (Å²) in [6, 6.07) is 6.86. The molecule has 78 valence electrons. The zero-order valence-corrected chi connectivity index (χ0v) is 8.61. The third-order valence-corrected chi connectivity index (χ3v) is 2.87. The van der Waals surface area contributed by atoms with E-state index in [0.717, 1.165) is 0 Å². The van der Waals surface area contributed by atoms with Crippen LogP contribution in [-0.2, 0) is 10.3 Å². The third-order valence-electron chi connectivity index (χ3n) is 2.54. The molecule has 0 saturated heterocycles. The molecule has 0 aliphatic heterocycles. The van der Waals surface area contributed by atoms with Crippen LogP contribution < -0.4 is 5.73 Å². The van der Waals surface area contributed by atoms with E-state index >= 15 is 0 Å². The molecule has 1 aliphatic rings. The molecule has 0 fully saturated rings. The molecule has 4 heteroatoms. The number of carbonyl (C=O) groups excluding carboxylic acids is 1. The fourth-order valence-electron chi connectivity index (χ4n) is 1.68. The van der Waals surface area contributed by atoms with Gasteiger partial charge in [0.05, 0.1) is 0 Å². The highest BCUT2D eigenvalue weighted by Crippen LogP contribution is 2.32. The van der Waals surface area contributed by atoms with Gasteiger partial charge in [0.25, 0.3) is 0 Å². The van der Waals surface area contributed by atoms with Gasteiger partial charge >= 0.3 is 0 Å². The smallest absolute Gasteiger partial charge is 0.193 e. The Hall–Kier alpha value is -1.16. The molecule has 0 radical (unpaired) electrons. The molecule has 15 heavy (non-hydrogen) atoms. The molecule has 0 aromatic heterocycles. The molecular formula is C11H10ClNO2. The monoisotopic (exact) mass is 223 g/mol. The molecule has 1 aliphatic carbocycles. The van der Waals surface area contributed by atoms with E-state index in [0.29, 0.717) is 10.6 Å². The van der Waals surface area contributed by atoms with E-state index in [2.05, 4.69) is 0 Å². The van der Waals surface area contributed by atoms with Gasteiger partial charge in [-0.3, -0.25) is 4.79 Å². The topological polar surface area (TPSA) is 63.3 Å². The Morgan fingerprint density at radius 2 is 2.07 bits per heavy atom. The van der Waals surface area contributed by atoms with E-state index in [1.54, 1.807) is 24.3 Å². The Kier molecular flexibility index (Phi) is 2.38. The van der Waals surface area contributed by atoms with Crippen LogP contribution in [0, 0.1) is 0 Å². The standard InChI is InChI=1S/C11H10ClNO2/c12-8-4-2-1-3-7(8)11(13)6-5-9(14)10(11)15/h1-6,9,14H,13H2/t9-,11+/m1/s1. The minimum absolute atomic E-state index is 0.423. The molecule has 3 nitrogen and oxygen atoms in total. The van der Waals surface area contributed by atoms with Crippen molar-refractivity contribution >= 4 is 17.4 Å². The van der Waals surface area contributed by atoms with Gasteiger partial charge in [0.1, 0.15) is 11.6 Å². The molecule has 0 amide bonds. The Bertz CT molecular complexity index is 444. The number of ketones is 1. The summed E-state index contributed by atoms with van der Waals surface area (Å²) in [6.45, 7) is 0. The average Bonchev–Trinajstić information content (AvgIpc) is 2.48. The summed E-state index contributed by atoms with van der Waals surface area (Å²) in [4.78, 5) is 11.7. The van der Waals surface area contributed by atoms with Gasteiger partial charge in [0.2, 0.25) is 0 Å². The van der Waals surface area contributed by atoms with Crippen molar-refractivity contribution in [3.05, 3.63) is 47.0 Å². The van der Waals surface area contributed by atoms with Crippen LogP contribution in [0.5, 0.6) is 0 Å². The van der Waals surface area contributed by atoms with Gasteiger partial charge in [-0.05, 0) is 6.07 Å². The second-order valence-corrected chi connectivity index (χ2v) is 3.92. The molecule has 0 spiro atoms. The summed E-state index contributed by atoms with van der Waals surface area (Å²) in [5.41, 5.74) is 5.16. The lowest BCUT2D eigenvalue weighted by Crippen LogP contribution is -2.44. The van der Waals surface area contributed by atoms with Gasteiger partial charge in [0.15, 0.2) is 5.78 Å². The number of aliphatic hydroxyl groups excluding tert-OH is 1. The maximum Gasteiger partial charge on any atom is 0.193 e. The highest BCUT2D eigenvalue weighted by molar-refractivity contribution is 6.32. The predicted octanol–water partition coefficient (Wildman–Crippen LogP) is 0.994. The molecule has 0 bridgehead atoms. The number of benzene rings is 1. The summed E-state index contributed by atoms with van der Waals surface area (Å²) in [5, 5.41) is 9.75. The number of hydrogen-bond donors (Lipinski definition) is 2. The second-order valence-electron chi connectivity index (χ2n) is 3.52. The summed E-state index contributed by atoms with van der Waals surface area (Å²) in [5.74, 6) is -0.449. The van der Waals surface area contributed by atoms with Crippen LogP contribution in [0.1, 0.15) is 5.56 Å². The Labute approximate surface area is 92.2 Å². The summed E-state index contributed by atoms with van der Waals surface area (Å²) >= 11 is 5.96. The van der Waals surface area contributed by atoms with Crippen LogP contribution in [-0.4, -0.2) is 17.0 Å². The Balaban J connectivity index is 2.52. The van der Waals surface area contributed by atoms with Crippen molar-refractivity contribution in [2.45, 2.75) is 11.6 Å². The van der Waals surface area contributed by atoms with Crippen molar-refractivity contribution in [1.29, 1.82) is 0 Å². The van der Waals surface area contributed by atoms with Crippen LogP contribution in [0.25, 0.3) is 0 Å². The van der Waals surface area contributed by atoms with Crippen LogP contribution in [0.2, 0.25) is 5.02 Å². The molecule has 1 aromatic carbocycles. The number of halogens is 1. The zero-order valence-electron chi connectivity index (χ0n) is 7.85. The Morgan fingerprint density at radius 3 is 2.60 bits per heavy atom. The number of rotatable bonds is 1. The van der Waals surface area contributed by atoms with Gasteiger partial charge < -0.3 is 10.8 Å². The first-order valence-corrected chi connectivity index (χ1v) is 4.89. The van der Waals surface area contributed by atoms with Gasteiger partial charge in [-0.2, -0.15) is 0 Å².